The van der Waals surface area contributed by atoms with Gasteiger partial charge in [-0.05, 0) is 33.0 Å². The molecule has 7 heteroatoms. The van der Waals surface area contributed by atoms with Crippen LogP contribution in [0.25, 0.3) is 0 Å². The summed E-state index contributed by atoms with van der Waals surface area (Å²) in [6.07, 6.45) is -0.364. The van der Waals surface area contributed by atoms with Crippen LogP contribution in [0.2, 0.25) is 0 Å². The van der Waals surface area contributed by atoms with Gasteiger partial charge in [0.05, 0.1) is 13.1 Å². The minimum atomic E-state index is -0.511. The minimum Gasteiger partial charge on any atom is -0.444 e. The SMILES string of the molecule is CC(C)(C)OC(=O)N1Cc2[nH]c(=S)nc(N)c2C1. The first-order chi connectivity index (χ1) is 8.26. The number of aromatic nitrogens is 2. The van der Waals surface area contributed by atoms with Gasteiger partial charge in [-0.2, -0.15) is 0 Å². The Kier molecular flexibility index (Phi) is 3.02. The van der Waals surface area contributed by atoms with E-state index in [2.05, 4.69) is 9.97 Å². The Balaban J connectivity index is 2.18. The first-order valence-electron chi connectivity index (χ1n) is 5.62. The second-order valence-electron chi connectivity index (χ2n) is 5.22. The number of fused-ring (bicyclic) bond motifs is 1. The third-order valence-electron chi connectivity index (χ3n) is 2.50. The Morgan fingerprint density at radius 2 is 2.17 bits per heavy atom. The summed E-state index contributed by atoms with van der Waals surface area (Å²) < 4.78 is 5.64. The number of nitrogens with zero attached hydrogens (tertiary/aromatic N) is 2. The molecule has 1 aliphatic rings. The molecule has 0 unspecified atom stereocenters. The molecule has 0 radical (unpaired) electrons. The monoisotopic (exact) mass is 268 g/mol. The molecule has 2 rings (SSSR count). The third kappa shape index (κ3) is 2.61. The summed E-state index contributed by atoms with van der Waals surface area (Å²) in [4.78, 5) is 20.4. The van der Waals surface area contributed by atoms with Crippen molar-refractivity contribution in [1.82, 2.24) is 14.9 Å². The summed E-state index contributed by atoms with van der Waals surface area (Å²) in [6.45, 7) is 6.31. The smallest absolute Gasteiger partial charge is 0.410 e. The Morgan fingerprint density at radius 3 is 2.78 bits per heavy atom. The van der Waals surface area contributed by atoms with E-state index >= 15 is 0 Å². The molecule has 0 spiro atoms. The van der Waals surface area contributed by atoms with Crippen LogP contribution in [0.15, 0.2) is 0 Å². The van der Waals surface area contributed by atoms with Crippen molar-refractivity contribution in [1.29, 1.82) is 0 Å². The standard InChI is InChI=1S/C11H16N4O2S/c1-11(2,3)17-10(16)15-4-6-7(5-15)13-9(18)14-8(6)12/h4-5H2,1-3H3,(H3,12,13,14,18). The Labute approximate surface area is 110 Å². The number of carbonyl (C=O) groups excluding carboxylic acids is 1. The predicted octanol–water partition coefficient (Wildman–Crippen LogP) is 1.97. The van der Waals surface area contributed by atoms with Crippen LogP contribution in [0.1, 0.15) is 32.0 Å². The lowest BCUT2D eigenvalue weighted by Gasteiger charge is -2.23. The van der Waals surface area contributed by atoms with Gasteiger partial charge in [-0.25, -0.2) is 9.78 Å². The highest BCUT2D eigenvalue weighted by Crippen LogP contribution is 2.25. The third-order valence-corrected chi connectivity index (χ3v) is 2.70. The highest BCUT2D eigenvalue weighted by molar-refractivity contribution is 7.71. The number of hydrogen-bond donors (Lipinski definition) is 2. The lowest BCUT2D eigenvalue weighted by molar-refractivity contribution is 0.0241. The van der Waals surface area contributed by atoms with Gasteiger partial charge in [0.2, 0.25) is 0 Å². The summed E-state index contributed by atoms with van der Waals surface area (Å²) in [5.74, 6) is 0.375. The second-order valence-corrected chi connectivity index (χ2v) is 5.61. The molecule has 1 aliphatic heterocycles. The minimum absolute atomic E-state index is 0.331. The molecule has 0 saturated carbocycles. The van der Waals surface area contributed by atoms with Gasteiger partial charge in [-0.3, -0.25) is 4.90 Å². The first kappa shape index (κ1) is 12.8. The zero-order chi connectivity index (χ0) is 13.5. The van der Waals surface area contributed by atoms with Crippen LogP contribution in [0.4, 0.5) is 10.6 Å². The molecular formula is C11H16N4O2S. The van der Waals surface area contributed by atoms with Crippen LogP contribution in [0.3, 0.4) is 0 Å². The van der Waals surface area contributed by atoms with Crippen LogP contribution >= 0.6 is 12.2 Å². The van der Waals surface area contributed by atoms with Gasteiger partial charge in [0.15, 0.2) is 4.77 Å². The van der Waals surface area contributed by atoms with Crippen LogP contribution in [-0.2, 0) is 17.8 Å². The van der Waals surface area contributed by atoms with Gasteiger partial charge in [-0.1, -0.05) is 0 Å². The van der Waals surface area contributed by atoms with Crippen molar-refractivity contribution < 1.29 is 9.53 Å². The van der Waals surface area contributed by atoms with E-state index < -0.39 is 5.60 Å². The largest absolute Gasteiger partial charge is 0.444 e. The molecule has 2 heterocycles. The van der Waals surface area contributed by atoms with Gasteiger partial charge >= 0.3 is 6.09 Å². The van der Waals surface area contributed by atoms with E-state index in [-0.39, 0.29) is 6.09 Å². The number of anilines is 1. The van der Waals surface area contributed by atoms with Gasteiger partial charge in [-0.15, -0.1) is 0 Å². The number of rotatable bonds is 0. The Bertz CT molecular complexity index is 547. The number of nitrogens with two attached hydrogens (primary N) is 1. The zero-order valence-electron chi connectivity index (χ0n) is 10.6. The number of nitrogen functional groups attached to an aromatic ring is 1. The molecule has 1 aromatic heterocycles. The highest BCUT2D eigenvalue weighted by Gasteiger charge is 2.29. The Hall–Kier alpha value is -1.63. The molecule has 1 amide bonds. The van der Waals surface area contributed by atoms with Gasteiger partial charge in [0.1, 0.15) is 11.4 Å². The van der Waals surface area contributed by atoms with Crippen LogP contribution in [0.5, 0.6) is 0 Å². The first-order valence-corrected chi connectivity index (χ1v) is 6.02. The molecule has 0 bridgehead atoms. The average Bonchev–Trinajstić information content (AvgIpc) is 2.58. The quantitative estimate of drug-likeness (QED) is 0.703. The summed E-state index contributed by atoms with van der Waals surface area (Å²) in [6, 6.07) is 0. The van der Waals surface area contributed by atoms with Crippen molar-refractivity contribution >= 4 is 24.1 Å². The molecule has 0 aliphatic carbocycles. The maximum atomic E-state index is 11.9. The maximum absolute atomic E-state index is 11.9. The fourth-order valence-corrected chi connectivity index (χ4v) is 1.99. The summed E-state index contributed by atoms with van der Waals surface area (Å²) in [7, 11) is 0. The van der Waals surface area contributed by atoms with E-state index in [9.17, 15) is 4.79 Å². The van der Waals surface area contributed by atoms with E-state index in [0.29, 0.717) is 23.7 Å². The van der Waals surface area contributed by atoms with E-state index in [1.54, 1.807) is 4.90 Å². The van der Waals surface area contributed by atoms with E-state index in [4.69, 9.17) is 22.7 Å². The molecule has 0 aromatic carbocycles. The fourth-order valence-electron chi connectivity index (χ4n) is 1.77. The zero-order valence-corrected chi connectivity index (χ0v) is 11.4. The number of amides is 1. The van der Waals surface area contributed by atoms with Crippen molar-refractivity contribution in [3.8, 4) is 0 Å². The van der Waals surface area contributed by atoms with Gasteiger partial charge in [0, 0.05) is 11.3 Å². The number of hydrogen-bond acceptors (Lipinski definition) is 5. The molecule has 18 heavy (non-hydrogen) atoms. The molecule has 0 fully saturated rings. The van der Waals surface area contributed by atoms with Crippen molar-refractivity contribution in [3.63, 3.8) is 0 Å². The number of nitrogens with one attached hydrogen (secondary N) is 1. The van der Waals surface area contributed by atoms with E-state index in [0.717, 1.165) is 11.3 Å². The summed E-state index contributed by atoms with van der Waals surface area (Å²) >= 11 is 4.95. The summed E-state index contributed by atoms with van der Waals surface area (Å²) in [5, 5.41) is 0. The van der Waals surface area contributed by atoms with Gasteiger partial charge < -0.3 is 15.5 Å². The van der Waals surface area contributed by atoms with Crippen molar-refractivity contribution in [2.75, 3.05) is 5.73 Å². The molecule has 3 N–H and O–H groups in total. The highest BCUT2D eigenvalue weighted by atomic mass is 32.1. The van der Waals surface area contributed by atoms with E-state index in [1.807, 2.05) is 20.8 Å². The maximum Gasteiger partial charge on any atom is 0.410 e. The number of aromatic amines is 1. The van der Waals surface area contributed by atoms with Crippen LogP contribution in [0, 0.1) is 4.77 Å². The molecule has 98 valence electrons. The molecular weight excluding hydrogens is 252 g/mol. The molecule has 0 atom stereocenters. The normalized spacial score (nSPS) is 14.5. The van der Waals surface area contributed by atoms with Crippen molar-refractivity contribution in [2.45, 2.75) is 39.5 Å². The lowest BCUT2D eigenvalue weighted by atomic mass is 10.2. The second kappa shape index (κ2) is 4.24. The van der Waals surface area contributed by atoms with Crippen LogP contribution < -0.4 is 5.73 Å². The summed E-state index contributed by atoms with van der Waals surface area (Å²) in [5.41, 5.74) is 6.92. The number of H-pyrrole nitrogens is 1. The molecule has 1 aromatic rings. The predicted molar refractivity (Wildman–Crippen MR) is 69.3 cm³/mol. The fraction of sp³-hybridized carbons (Fsp3) is 0.545. The number of carbonyl (C=O) groups is 1. The number of ether oxygens (including phenoxy) is 1. The average molecular weight is 268 g/mol. The van der Waals surface area contributed by atoms with Gasteiger partial charge in [0.25, 0.3) is 0 Å². The lowest BCUT2D eigenvalue weighted by Crippen LogP contribution is -2.33. The van der Waals surface area contributed by atoms with Crippen molar-refractivity contribution in [3.05, 3.63) is 16.0 Å². The molecule has 0 saturated heterocycles. The molecule has 6 nitrogen and oxygen atoms in total. The Morgan fingerprint density at radius 1 is 1.50 bits per heavy atom. The van der Waals surface area contributed by atoms with Crippen molar-refractivity contribution in [2.24, 2.45) is 0 Å². The van der Waals surface area contributed by atoms with Crippen LogP contribution in [-0.4, -0.2) is 26.6 Å². The van der Waals surface area contributed by atoms with E-state index in [1.165, 1.54) is 0 Å². The topological polar surface area (TPSA) is 84.2 Å².